The highest BCUT2D eigenvalue weighted by atomic mass is 19.3. The molecule has 0 saturated heterocycles. The Morgan fingerprint density at radius 3 is 2.67 bits per heavy atom. The Labute approximate surface area is 84.2 Å². The van der Waals surface area contributed by atoms with Crippen LogP contribution in [0.5, 0.6) is 11.5 Å². The molecule has 0 aliphatic rings. The Morgan fingerprint density at radius 2 is 2.07 bits per heavy atom. The molecule has 0 spiro atoms. The van der Waals surface area contributed by atoms with Gasteiger partial charge in [-0.3, -0.25) is 4.79 Å². The minimum absolute atomic E-state index is 0.227. The summed E-state index contributed by atoms with van der Waals surface area (Å²) < 4.78 is 23.5. The van der Waals surface area contributed by atoms with E-state index >= 15 is 0 Å². The van der Waals surface area contributed by atoms with E-state index in [1.807, 2.05) is 5.32 Å². The van der Waals surface area contributed by atoms with Crippen molar-refractivity contribution in [2.24, 2.45) is 0 Å². The first-order chi connectivity index (χ1) is 7.00. The number of amides is 1. The Balaban J connectivity index is 2.77. The molecular weight excluding hydrogens is 208 g/mol. The zero-order chi connectivity index (χ0) is 11.4. The molecule has 15 heavy (non-hydrogen) atoms. The number of phenolic OH excluding ortho intramolecular Hbond substituents is 2. The number of carbonyl (C=O) groups excluding carboxylic acids is 1. The lowest BCUT2D eigenvalue weighted by Crippen LogP contribution is -2.28. The maximum absolute atomic E-state index is 11.8. The highest BCUT2D eigenvalue weighted by molar-refractivity contribution is 5.97. The number of benzene rings is 1. The molecule has 1 amide bonds. The number of halogens is 2. The molecule has 0 fully saturated rings. The second kappa shape index (κ2) is 4.59. The Bertz CT molecular complexity index is 368. The lowest BCUT2D eigenvalue weighted by atomic mass is 10.2. The lowest BCUT2D eigenvalue weighted by Gasteiger charge is -2.06. The summed E-state index contributed by atoms with van der Waals surface area (Å²) in [6, 6.07) is 3.28. The standard InChI is InChI=1S/C9H9F2NO3/c10-8(11)4-12-9(15)6-3-5(13)1-2-7(6)14/h1-3,8,13-14H,4H2,(H,12,15). The van der Waals surface area contributed by atoms with Gasteiger partial charge in [0.05, 0.1) is 12.1 Å². The quantitative estimate of drug-likeness (QED) is 0.664. The molecule has 0 unspecified atom stereocenters. The average Bonchev–Trinajstić information content (AvgIpc) is 2.18. The Hall–Kier alpha value is -1.85. The molecule has 82 valence electrons. The number of rotatable bonds is 3. The zero-order valence-corrected chi connectivity index (χ0v) is 7.58. The van der Waals surface area contributed by atoms with Crippen LogP contribution in [-0.2, 0) is 0 Å². The molecule has 3 N–H and O–H groups in total. The Morgan fingerprint density at radius 1 is 1.40 bits per heavy atom. The van der Waals surface area contributed by atoms with Gasteiger partial charge in [0.15, 0.2) is 0 Å². The molecule has 1 rings (SSSR count). The van der Waals surface area contributed by atoms with Gasteiger partial charge in [0.2, 0.25) is 0 Å². The van der Waals surface area contributed by atoms with Gasteiger partial charge in [-0.2, -0.15) is 0 Å². The normalized spacial score (nSPS) is 10.3. The highest BCUT2D eigenvalue weighted by Gasteiger charge is 2.13. The fourth-order valence-electron chi connectivity index (χ4n) is 0.971. The van der Waals surface area contributed by atoms with Crippen molar-refractivity contribution >= 4 is 5.91 Å². The van der Waals surface area contributed by atoms with E-state index in [4.69, 9.17) is 5.11 Å². The van der Waals surface area contributed by atoms with Crippen LogP contribution in [-0.4, -0.2) is 29.1 Å². The third kappa shape index (κ3) is 3.08. The van der Waals surface area contributed by atoms with Gasteiger partial charge in [0, 0.05) is 0 Å². The first kappa shape index (κ1) is 11.2. The van der Waals surface area contributed by atoms with E-state index < -0.39 is 18.9 Å². The number of phenols is 2. The van der Waals surface area contributed by atoms with E-state index in [0.29, 0.717) is 0 Å². The predicted molar refractivity (Wildman–Crippen MR) is 48.1 cm³/mol. The van der Waals surface area contributed by atoms with E-state index in [9.17, 15) is 18.7 Å². The second-order valence-corrected chi connectivity index (χ2v) is 2.80. The fraction of sp³-hybridized carbons (Fsp3) is 0.222. The Kier molecular flexibility index (Phi) is 3.43. The maximum atomic E-state index is 11.8. The molecule has 0 bridgehead atoms. The summed E-state index contributed by atoms with van der Waals surface area (Å²) in [6.45, 7) is -0.798. The molecule has 4 nitrogen and oxygen atoms in total. The van der Waals surface area contributed by atoms with Crippen LogP contribution in [0.25, 0.3) is 0 Å². The third-order valence-electron chi connectivity index (χ3n) is 1.64. The summed E-state index contributed by atoms with van der Waals surface area (Å²) in [7, 11) is 0. The molecule has 0 aliphatic carbocycles. The van der Waals surface area contributed by atoms with Crippen molar-refractivity contribution in [3.8, 4) is 11.5 Å². The van der Waals surface area contributed by atoms with Gasteiger partial charge in [-0.1, -0.05) is 0 Å². The first-order valence-corrected chi connectivity index (χ1v) is 4.09. The number of nitrogens with one attached hydrogen (secondary N) is 1. The summed E-state index contributed by atoms with van der Waals surface area (Å²) in [5, 5.41) is 20.1. The van der Waals surface area contributed by atoms with E-state index in [0.717, 1.165) is 12.1 Å². The van der Waals surface area contributed by atoms with Crippen LogP contribution in [0.4, 0.5) is 8.78 Å². The van der Waals surface area contributed by atoms with Crippen molar-refractivity contribution < 1.29 is 23.8 Å². The molecule has 0 saturated carbocycles. The lowest BCUT2D eigenvalue weighted by molar-refractivity contribution is 0.0888. The summed E-state index contributed by atoms with van der Waals surface area (Å²) >= 11 is 0. The van der Waals surface area contributed by atoms with Gasteiger partial charge >= 0.3 is 0 Å². The average molecular weight is 217 g/mol. The summed E-state index contributed by atoms with van der Waals surface area (Å²) in [4.78, 5) is 11.2. The second-order valence-electron chi connectivity index (χ2n) is 2.80. The van der Waals surface area contributed by atoms with Crippen molar-refractivity contribution in [3.05, 3.63) is 23.8 Å². The van der Waals surface area contributed by atoms with Gasteiger partial charge in [0.25, 0.3) is 12.3 Å². The van der Waals surface area contributed by atoms with E-state index in [1.54, 1.807) is 0 Å². The van der Waals surface area contributed by atoms with E-state index in [-0.39, 0.29) is 17.1 Å². The fourth-order valence-corrected chi connectivity index (χ4v) is 0.971. The van der Waals surface area contributed by atoms with Crippen LogP contribution >= 0.6 is 0 Å². The van der Waals surface area contributed by atoms with Gasteiger partial charge in [-0.25, -0.2) is 8.78 Å². The van der Waals surface area contributed by atoms with Crippen LogP contribution in [0.1, 0.15) is 10.4 Å². The number of hydrogen-bond acceptors (Lipinski definition) is 3. The van der Waals surface area contributed by atoms with Crippen molar-refractivity contribution in [2.75, 3.05) is 6.54 Å². The van der Waals surface area contributed by atoms with Gasteiger partial charge in [-0.05, 0) is 18.2 Å². The molecule has 1 aromatic rings. The maximum Gasteiger partial charge on any atom is 0.255 e. The molecule has 0 aromatic heterocycles. The number of alkyl halides is 2. The highest BCUT2D eigenvalue weighted by Crippen LogP contribution is 2.21. The third-order valence-corrected chi connectivity index (χ3v) is 1.64. The van der Waals surface area contributed by atoms with Gasteiger partial charge < -0.3 is 15.5 Å². The minimum Gasteiger partial charge on any atom is -0.508 e. The molecule has 1 aromatic carbocycles. The summed E-state index contributed by atoms with van der Waals surface area (Å²) in [5.41, 5.74) is -0.240. The molecule has 0 aliphatic heterocycles. The van der Waals surface area contributed by atoms with Crippen molar-refractivity contribution in [3.63, 3.8) is 0 Å². The number of hydrogen-bond donors (Lipinski definition) is 3. The minimum atomic E-state index is -2.66. The predicted octanol–water partition coefficient (Wildman–Crippen LogP) is 1.09. The zero-order valence-electron chi connectivity index (χ0n) is 7.58. The van der Waals surface area contributed by atoms with Crippen molar-refractivity contribution in [1.82, 2.24) is 5.32 Å². The van der Waals surface area contributed by atoms with Crippen LogP contribution in [0.2, 0.25) is 0 Å². The van der Waals surface area contributed by atoms with Crippen LogP contribution in [0.15, 0.2) is 18.2 Å². The first-order valence-electron chi connectivity index (χ1n) is 4.09. The van der Waals surface area contributed by atoms with Gasteiger partial charge in [0.1, 0.15) is 11.5 Å². The number of carbonyl (C=O) groups is 1. The molecular formula is C9H9F2NO3. The molecule has 0 atom stereocenters. The summed E-state index contributed by atoms with van der Waals surface area (Å²) in [5.74, 6) is -1.46. The number of aromatic hydroxyl groups is 2. The van der Waals surface area contributed by atoms with E-state index in [1.165, 1.54) is 6.07 Å². The smallest absolute Gasteiger partial charge is 0.255 e. The molecule has 0 radical (unpaired) electrons. The van der Waals surface area contributed by atoms with Crippen LogP contribution in [0, 0.1) is 0 Å². The van der Waals surface area contributed by atoms with Crippen molar-refractivity contribution in [1.29, 1.82) is 0 Å². The van der Waals surface area contributed by atoms with Crippen molar-refractivity contribution in [2.45, 2.75) is 6.43 Å². The SMILES string of the molecule is O=C(NCC(F)F)c1cc(O)ccc1O. The van der Waals surface area contributed by atoms with Crippen LogP contribution < -0.4 is 5.32 Å². The largest absolute Gasteiger partial charge is 0.508 e. The van der Waals surface area contributed by atoms with Crippen LogP contribution in [0.3, 0.4) is 0 Å². The topological polar surface area (TPSA) is 69.6 Å². The monoisotopic (exact) mass is 217 g/mol. The summed E-state index contributed by atoms with van der Waals surface area (Å²) in [6.07, 6.45) is -2.66. The molecule has 6 heteroatoms. The van der Waals surface area contributed by atoms with Gasteiger partial charge in [-0.15, -0.1) is 0 Å². The molecule has 0 heterocycles. The van der Waals surface area contributed by atoms with E-state index in [2.05, 4.69) is 0 Å².